The number of nitrogens with one attached hydrogen (secondary N) is 2. The van der Waals surface area contributed by atoms with Gasteiger partial charge >= 0.3 is 6.03 Å². The minimum atomic E-state index is -0.364. The molecule has 1 unspecified atom stereocenters. The Balaban J connectivity index is 2.56. The fraction of sp³-hybridized carbons (Fsp3) is 0.273. The summed E-state index contributed by atoms with van der Waals surface area (Å²) in [7, 11) is 0. The molecular formula is C11H13Cl2N3OS. The third kappa shape index (κ3) is 5.53. The first-order chi connectivity index (χ1) is 8.36. The van der Waals surface area contributed by atoms with Gasteiger partial charge in [-0.1, -0.05) is 35.4 Å². The second kappa shape index (κ2) is 6.78. The Morgan fingerprint density at radius 2 is 1.94 bits per heavy atom. The predicted molar refractivity (Wildman–Crippen MR) is 79.5 cm³/mol. The lowest BCUT2D eigenvalue weighted by atomic mass is 10.2. The molecule has 7 heteroatoms. The van der Waals surface area contributed by atoms with Crippen LogP contribution in [0.3, 0.4) is 0 Å². The zero-order chi connectivity index (χ0) is 13.7. The van der Waals surface area contributed by atoms with Gasteiger partial charge in [-0.15, -0.1) is 0 Å². The summed E-state index contributed by atoms with van der Waals surface area (Å²) in [6, 6.07) is 4.28. The van der Waals surface area contributed by atoms with Crippen molar-refractivity contribution in [3.63, 3.8) is 0 Å². The normalized spacial score (nSPS) is 11.7. The van der Waals surface area contributed by atoms with Gasteiger partial charge in [0.25, 0.3) is 0 Å². The van der Waals surface area contributed by atoms with Gasteiger partial charge in [-0.2, -0.15) is 0 Å². The highest BCUT2D eigenvalue weighted by Crippen LogP contribution is 2.22. The molecule has 0 bridgehead atoms. The molecule has 1 rings (SSSR count). The minimum absolute atomic E-state index is 0.142. The van der Waals surface area contributed by atoms with Gasteiger partial charge in [0.1, 0.15) is 0 Å². The van der Waals surface area contributed by atoms with Gasteiger partial charge in [0.2, 0.25) is 0 Å². The summed E-state index contributed by atoms with van der Waals surface area (Å²) in [6.45, 7) is 1.81. The van der Waals surface area contributed by atoms with Gasteiger partial charge in [0.05, 0.1) is 4.99 Å². The Kier molecular flexibility index (Phi) is 5.65. The number of amides is 2. The van der Waals surface area contributed by atoms with Crippen molar-refractivity contribution in [1.82, 2.24) is 5.32 Å². The van der Waals surface area contributed by atoms with Gasteiger partial charge < -0.3 is 16.4 Å². The van der Waals surface area contributed by atoms with E-state index in [1.165, 1.54) is 0 Å². The molecule has 0 saturated carbocycles. The van der Waals surface area contributed by atoms with Crippen molar-refractivity contribution in [2.45, 2.75) is 19.4 Å². The van der Waals surface area contributed by atoms with Gasteiger partial charge in [-0.25, -0.2) is 4.79 Å². The number of hydrogen-bond donors (Lipinski definition) is 3. The van der Waals surface area contributed by atoms with Crippen molar-refractivity contribution in [2.75, 3.05) is 5.32 Å². The zero-order valence-electron chi connectivity index (χ0n) is 9.67. The molecule has 98 valence electrons. The molecule has 1 aromatic carbocycles. The Labute approximate surface area is 121 Å². The fourth-order valence-corrected chi connectivity index (χ4v) is 2.15. The molecule has 4 N–H and O–H groups in total. The van der Waals surface area contributed by atoms with E-state index in [4.69, 9.17) is 41.2 Å². The lowest BCUT2D eigenvalue weighted by Gasteiger charge is -2.14. The number of carbonyl (C=O) groups is 1. The number of thiocarbonyl (C=S) groups is 1. The van der Waals surface area contributed by atoms with Crippen LogP contribution in [0.15, 0.2) is 18.2 Å². The molecule has 0 heterocycles. The summed E-state index contributed by atoms with van der Waals surface area (Å²) in [5.41, 5.74) is 5.91. The van der Waals surface area contributed by atoms with E-state index in [0.717, 1.165) is 0 Å². The SMILES string of the molecule is CC(CC(N)=S)NC(=O)Nc1cc(Cl)cc(Cl)c1. The molecule has 0 aliphatic heterocycles. The molecule has 4 nitrogen and oxygen atoms in total. The molecule has 0 spiro atoms. The number of nitrogens with two attached hydrogens (primary N) is 1. The minimum Gasteiger partial charge on any atom is -0.393 e. The van der Waals surface area contributed by atoms with Gasteiger partial charge in [0, 0.05) is 28.2 Å². The van der Waals surface area contributed by atoms with Crippen LogP contribution in [0.1, 0.15) is 13.3 Å². The third-order valence-corrected chi connectivity index (χ3v) is 2.61. The topological polar surface area (TPSA) is 67.1 Å². The van der Waals surface area contributed by atoms with E-state index in [9.17, 15) is 4.79 Å². The quantitative estimate of drug-likeness (QED) is 0.748. The van der Waals surface area contributed by atoms with Crippen molar-refractivity contribution < 1.29 is 4.79 Å². The summed E-state index contributed by atoms with van der Waals surface area (Å²) in [5.74, 6) is 0. The van der Waals surface area contributed by atoms with Crippen molar-refractivity contribution in [3.8, 4) is 0 Å². The van der Waals surface area contributed by atoms with Crippen LogP contribution in [0.4, 0.5) is 10.5 Å². The van der Waals surface area contributed by atoms with Crippen LogP contribution >= 0.6 is 35.4 Å². The number of halogens is 2. The lowest BCUT2D eigenvalue weighted by Crippen LogP contribution is -2.38. The van der Waals surface area contributed by atoms with E-state index >= 15 is 0 Å². The number of benzene rings is 1. The van der Waals surface area contributed by atoms with E-state index in [1.54, 1.807) is 18.2 Å². The molecule has 0 saturated heterocycles. The fourth-order valence-electron chi connectivity index (χ4n) is 1.37. The smallest absolute Gasteiger partial charge is 0.319 e. The number of anilines is 1. The summed E-state index contributed by atoms with van der Waals surface area (Å²) in [4.78, 5) is 12.0. The summed E-state index contributed by atoms with van der Waals surface area (Å²) >= 11 is 16.4. The molecule has 0 aliphatic carbocycles. The Morgan fingerprint density at radius 1 is 1.39 bits per heavy atom. The molecular weight excluding hydrogens is 293 g/mol. The van der Waals surface area contributed by atoms with E-state index in [1.807, 2.05) is 6.92 Å². The Hall–Kier alpha value is -1.04. The maximum atomic E-state index is 11.6. The van der Waals surface area contributed by atoms with Crippen LogP contribution in [0.25, 0.3) is 0 Å². The Bertz CT molecular complexity index is 447. The maximum absolute atomic E-state index is 11.6. The maximum Gasteiger partial charge on any atom is 0.319 e. The van der Waals surface area contributed by atoms with Gasteiger partial charge in [-0.3, -0.25) is 0 Å². The molecule has 1 atom stereocenters. The third-order valence-electron chi connectivity index (χ3n) is 2.01. The first-order valence-corrected chi connectivity index (χ1v) is 6.35. The van der Waals surface area contributed by atoms with Crippen LogP contribution in [-0.4, -0.2) is 17.1 Å². The molecule has 0 aromatic heterocycles. The van der Waals surface area contributed by atoms with E-state index in [-0.39, 0.29) is 12.1 Å². The van der Waals surface area contributed by atoms with Crippen molar-refractivity contribution in [2.24, 2.45) is 5.73 Å². The lowest BCUT2D eigenvalue weighted by molar-refractivity contribution is 0.249. The molecule has 1 aromatic rings. The summed E-state index contributed by atoms with van der Waals surface area (Å²) in [6.07, 6.45) is 0.444. The van der Waals surface area contributed by atoms with Crippen LogP contribution in [-0.2, 0) is 0 Å². The standard InChI is InChI=1S/C11H13Cl2N3OS/c1-6(2-10(14)18)15-11(17)16-9-4-7(12)3-8(13)5-9/h3-6H,2H2,1H3,(H2,14,18)(H2,15,16,17). The van der Waals surface area contributed by atoms with Crippen molar-refractivity contribution >= 4 is 52.1 Å². The van der Waals surface area contributed by atoms with Crippen molar-refractivity contribution in [3.05, 3.63) is 28.2 Å². The van der Waals surface area contributed by atoms with Crippen LogP contribution in [0.5, 0.6) is 0 Å². The molecule has 0 radical (unpaired) electrons. The summed E-state index contributed by atoms with van der Waals surface area (Å²) < 4.78 is 0. The first-order valence-electron chi connectivity index (χ1n) is 5.18. The predicted octanol–water partition coefficient (Wildman–Crippen LogP) is 3.18. The molecule has 2 amide bonds. The molecule has 18 heavy (non-hydrogen) atoms. The Morgan fingerprint density at radius 3 is 2.44 bits per heavy atom. The van der Waals surface area contributed by atoms with Gasteiger partial charge in [0.15, 0.2) is 0 Å². The highest BCUT2D eigenvalue weighted by Gasteiger charge is 2.09. The van der Waals surface area contributed by atoms with E-state index in [2.05, 4.69) is 10.6 Å². The van der Waals surface area contributed by atoms with Crippen LogP contribution < -0.4 is 16.4 Å². The molecule has 0 fully saturated rings. The highest BCUT2D eigenvalue weighted by atomic mass is 35.5. The average Bonchev–Trinajstić information content (AvgIpc) is 2.12. The monoisotopic (exact) mass is 305 g/mol. The number of carbonyl (C=O) groups excluding carboxylic acids is 1. The van der Waals surface area contributed by atoms with Crippen LogP contribution in [0.2, 0.25) is 10.0 Å². The number of hydrogen-bond acceptors (Lipinski definition) is 2. The number of urea groups is 1. The second-order valence-electron chi connectivity index (χ2n) is 3.83. The largest absolute Gasteiger partial charge is 0.393 e. The zero-order valence-corrected chi connectivity index (χ0v) is 12.0. The second-order valence-corrected chi connectivity index (χ2v) is 5.23. The van der Waals surface area contributed by atoms with E-state index < -0.39 is 0 Å². The first kappa shape index (κ1) is 15.0. The van der Waals surface area contributed by atoms with Crippen molar-refractivity contribution in [1.29, 1.82) is 0 Å². The summed E-state index contributed by atoms with van der Waals surface area (Å²) in [5, 5.41) is 6.23. The van der Waals surface area contributed by atoms with Crippen LogP contribution in [0, 0.1) is 0 Å². The number of rotatable bonds is 4. The highest BCUT2D eigenvalue weighted by molar-refractivity contribution is 7.80. The van der Waals surface area contributed by atoms with Gasteiger partial charge in [-0.05, 0) is 25.1 Å². The van der Waals surface area contributed by atoms with E-state index in [0.29, 0.717) is 27.1 Å². The molecule has 0 aliphatic rings. The average molecular weight is 306 g/mol.